The Kier molecular flexibility index (Phi) is 6.36. The van der Waals surface area contributed by atoms with Crippen LogP contribution in [0.4, 0.5) is 0 Å². The molecule has 0 radical (unpaired) electrons. The van der Waals surface area contributed by atoms with Crippen LogP contribution in [0, 0.1) is 5.92 Å². The summed E-state index contributed by atoms with van der Waals surface area (Å²) in [5, 5.41) is 14.5. The highest BCUT2D eigenvalue weighted by atomic mass is 79.9. The molecule has 1 fully saturated rings. The molecule has 2 rings (SSSR count). The van der Waals surface area contributed by atoms with Crippen LogP contribution in [0.25, 0.3) is 0 Å². The summed E-state index contributed by atoms with van der Waals surface area (Å²) in [6.45, 7) is 1.39. The summed E-state index contributed by atoms with van der Waals surface area (Å²) >= 11 is 3.34. The zero-order chi connectivity index (χ0) is 17.7. The van der Waals surface area contributed by atoms with Crippen molar-refractivity contribution in [1.29, 1.82) is 0 Å². The molecule has 0 aliphatic heterocycles. The molecular weight excluding hydrogens is 376 g/mol. The highest BCUT2D eigenvalue weighted by molar-refractivity contribution is 9.10. The SMILES string of the molecule is CC(=O)NC(CC(=O)NC(CC1CC1)C(=O)O)c1ccc(Br)cc1. The van der Waals surface area contributed by atoms with Gasteiger partial charge in [-0.3, -0.25) is 9.59 Å². The molecule has 24 heavy (non-hydrogen) atoms. The molecule has 0 saturated heterocycles. The minimum atomic E-state index is -1.02. The molecule has 2 unspecified atom stereocenters. The molecule has 1 aromatic carbocycles. The number of nitrogens with one attached hydrogen (secondary N) is 2. The van der Waals surface area contributed by atoms with Crippen LogP contribution < -0.4 is 10.6 Å². The third kappa shape index (κ3) is 5.96. The fourth-order valence-corrected chi connectivity index (χ4v) is 2.80. The Hall–Kier alpha value is -1.89. The molecule has 0 bridgehead atoms. The van der Waals surface area contributed by atoms with Gasteiger partial charge >= 0.3 is 5.97 Å². The summed E-state index contributed by atoms with van der Waals surface area (Å²) in [7, 11) is 0. The molecule has 2 atom stereocenters. The van der Waals surface area contributed by atoms with Crippen LogP contribution in [0.5, 0.6) is 0 Å². The van der Waals surface area contributed by atoms with E-state index in [0.29, 0.717) is 12.3 Å². The molecule has 0 spiro atoms. The number of carbonyl (C=O) groups is 3. The van der Waals surface area contributed by atoms with Crippen LogP contribution >= 0.6 is 15.9 Å². The fourth-order valence-electron chi connectivity index (χ4n) is 2.54. The van der Waals surface area contributed by atoms with Gasteiger partial charge in [-0.2, -0.15) is 0 Å². The second-order valence-electron chi connectivity index (χ2n) is 6.15. The zero-order valence-corrected chi connectivity index (χ0v) is 15.0. The Balaban J connectivity index is 2.01. The van der Waals surface area contributed by atoms with Crippen molar-refractivity contribution in [2.45, 2.75) is 44.7 Å². The molecule has 130 valence electrons. The number of carboxylic acids is 1. The highest BCUT2D eigenvalue weighted by Gasteiger charge is 2.30. The van der Waals surface area contributed by atoms with Crippen molar-refractivity contribution in [3.05, 3.63) is 34.3 Å². The lowest BCUT2D eigenvalue weighted by Crippen LogP contribution is -2.42. The van der Waals surface area contributed by atoms with Crippen LogP contribution in [0.1, 0.15) is 44.2 Å². The van der Waals surface area contributed by atoms with E-state index in [0.717, 1.165) is 22.9 Å². The van der Waals surface area contributed by atoms with Gasteiger partial charge in [-0.15, -0.1) is 0 Å². The van der Waals surface area contributed by atoms with Gasteiger partial charge in [0.2, 0.25) is 11.8 Å². The predicted molar refractivity (Wildman–Crippen MR) is 92.2 cm³/mol. The van der Waals surface area contributed by atoms with Gasteiger partial charge < -0.3 is 15.7 Å². The quantitative estimate of drug-likeness (QED) is 0.628. The fraction of sp³-hybridized carbons (Fsp3) is 0.471. The third-order valence-electron chi connectivity index (χ3n) is 3.94. The molecule has 1 saturated carbocycles. The monoisotopic (exact) mass is 396 g/mol. The molecular formula is C17H21BrN2O4. The van der Waals surface area contributed by atoms with Crippen molar-refractivity contribution in [2.24, 2.45) is 5.92 Å². The molecule has 2 amide bonds. The van der Waals surface area contributed by atoms with Crippen molar-refractivity contribution in [3.8, 4) is 0 Å². The largest absolute Gasteiger partial charge is 0.480 e. The van der Waals surface area contributed by atoms with Crippen molar-refractivity contribution in [2.75, 3.05) is 0 Å². The summed E-state index contributed by atoms with van der Waals surface area (Å²) in [5.41, 5.74) is 0.789. The average Bonchev–Trinajstić information content (AvgIpc) is 3.30. The van der Waals surface area contributed by atoms with Gasteiger partial charge in [-0.1, -0.05) is 40.9 Å². The summed E-state index contributed by atoms with van der Waals surface area (Å²) < 4.78 is 0.896. The smallest absolute Gasteiger partial charge is 0.326 e. The third-order valence-corrected chi connectivity index (χ3v) is 4.47. The number of carbonyl (C=O) groups excluding carboxylic acids is 2. The van der Waals surface area contributed by atoms with Gasteiger partial charge in [0, 0.05) is 11.4 Å². The number of benzene rings is 1. The summed E-state index contributed by atoms with van der Waals surface area (Å²) in [6.07, 6.45) is 2.50. The van der Waals surface area contributed by atoms with E-state index in [1.165, 1.54) is 6.92 Å². The summed E-state index contributed by atoms with van der Waals surface area (Å²) in [5.74, 6) is -1.26. The first-order chi connectivity index (χ1) is 11.3. The van der Waals surface area contributed by atoms with E-state index in [9.17, 15) is 19.5 Å². The van der Waals surface area contributed by atoms with Gasteiger partial charge in [-0.05, 0) is 30.0 Å². The number of hydrogen-bond acceptors (Lipinski definition) is 3. The van der Waals surface area contributed by atoms with E-state index in [1.54, 1.807) is 0 Å². The maximum Gasteiger partial charge on any atom is 0.326 e. The Labute approximate surface area is 149 Å². The average molecular weight is 397 g/mol. The minimum absolute atomic E-state index is 0.00431. The Morgan fingerprint density at radius 3 is 2.33 bits per heavy atom. The number of halogens is 1. The number of hydrogen-bond donors (Lipinski definition) is 3. The van der Waals surface area contributed by atoms with Crippen molar-refractivity contribution < 1.29 is 19.5 Å². The number of carboxylic acid groups (broad SMARTS) is 1. The molecule has 6 nitrogen and oxygen atoms in total. The number of aliphatic carboxylic acids is 1. The van der Waals surface area contributed by atoms with Gasteiger partial charge in [0.1, 0.15) is 6.04 Å². The van der Waals surface area contributed by atoms with Gasteiger partial charge in [0.25, 0.3) is 0 Å². The lowest BCUT2D eigenvalue weighted by Gasteiger charge is -2.20. The van der Waals surface area contributed by atoms with E-state index >= 15 is 0 Å². The van der Waals surface area contributed by atoms with Crippen LogP contribution in [0.3, 0.4) is 0 Å². The molecule has 0 heterocycles. The van der Waals surface area contributed by atoms with Gasteiger partial charge in [0.15, 0.2) is 0 Å². The minimum Gasteiger partial charge on any atom is -0.480 e. The number of rotatable bonds is 8. The standard InChI is InChI=1S/C17H21BrN2O4/c1-10(21)19-14(12-4-6-13(18)7-5-12)9-16(22)20-15(17(23)24)8-11-2-3-11/h4-7,11,14-15H,2-3,8-9H2,1H3,(H,19,21)(H,20,22)(H,23,24). The Bertz CT molecular complexity index is 614. The molecule has 1 aromatic rings. The summed E-state index contributed by atoms with van der Waals surface area (Å²) in [6, 6.07) is 5.93. The van der Waals surface area contributed by atoms with Crippen molar-refractivity contribution >= 4 is 33.7 Å². The van der Waals surface area contributed by atoms with Crippen molar-refractivity contribution in [3.63, 3.8) is 0 Å². The normalized spacial score (nSPS) is 16.1. The van der Waals surface area contributed by atoms with E-state index in [4.69, 9.17) is 0 Å². The van der Waals surface area contributed by atoms with Gasteiger partial charge in [0.05, 0.1) is 12.5 Å². The topological polar surface area (TPSA) is 95.5 Å². The second kappa shape index (κ2) is 8.28. The van der Waals surface area contributed by atoms with E-state index < -0.39 is 18.1 Å². The second-order valence-corrected chi connectivity index (χ2v) is 7.06. The van der Waals surface area contributed by atoms with Crippen LogP contribution in [-0.2, 0) is 14.4 Å². The van der Waals surface area contributed by atoms with Gasteiger partial charge in [-0.25, -0.2) is 4.79 Å². The first-order valence-electron chi connectivity index (χ1n) is 7.90. The molecule has 0 aromatic heterocycles. The Morgan fingerprint density at radius 1 is 1.21 bits per heavy atom. The van der Waals surface area contributed by atoms with E-state index in [2.05, 4.69) is 26.6 Å². The number of amides is 2. The van der Waals surface area contributed by atoms with Crippen molar-refractivity contribution in [1.82, 2.24) is 10.6 Å². The maximum atomic E-state index is 12.3. The lowest BCUT2D eigenvalue weighted by atomic mass is 10.0. The maximum absolute atomic E-state index is 12.3. The predicted octanol–water partition coefficient (Wildman–Crippen LogP) is 2.39. The van der Waals surface area contributed by atoms with Crippen LogP contribution in [0.15, 0.2) is 28.7 Å². The first-order valence-corrected chi connectivity index (χ1v) is 8.69. The van der Waals surface area contributed by atoms with Crippen LogP contribution in [-0.4, -0.2) is 28.9 Å². The highest BCUT2D eigenvalue weighted by Crippen LogP contribution is 2.33. The lowest BCUT2D eigenvalue weighted by molar-refractivity contribution is -0.142. The summed E-state index contributed by atoms with van der Waals surface area (Å²) in [4.78, 5) is 35.0. The first kappa shape index (κ1) is 18.4. The molecule has 3 N–H and O–H groups in total. The Morgan fingerprint density at radius 2 is 1.83 bits per heavy atom. The molecule has 1 aliphatic carbocycles. The molecule has 1 aliphatic rings. The van der Waals surface area contributed by atoms with Crippen LogP contribution in [0.2, 0.25) is 0 Å². The van der Waals surface area contributed by atoms with E-state index in [-0.39, 0.29) is 18.2 Å². The zero-order valence-electron chi connectivity index (χ0n) is 13.4. The molecule has 7 heteroatoms. The van der Waals surface area contributed by atoms with E-state index in [1.807, 2.05) is 24.3 Å².